The first kappa shape index (κ1) is 31.7. The lowest BCUT2D eigenvalue weighted by atomic mass is 9.54. The fourth-order valence-electron chi connectivity index (χ4n) is 6.61. The summed E-state index contributed by atoms with van der Waals surface area (Å²) in [5.74, 6) is -0.190. The van der Waals surface area contributed by atoms with Gasteiger partial charge >= 0.3 is 0 Å². The van der Waals surface area contributed by atoms with Crippen molar-refractivity contribution in [3.63, 3.8) is 0 Å². The van der Waals surface area contributed by atoms with Gasteiger partial charge in [-0.15, -0.1) is 11.3 Å². The number of carbonyl (C=O) groups is 3. The highest BCUT2D eigenvalue weighted by Gasteiger charge is 2.48. The van der Waals surface area contributed by atoms with Gasteiger partial charge in [0.1, 0.15) is 17.8 Å². The molecule has 3 fully saturated rings. The van der Waals surface area contributed by atoms with E-state index in [0.717, 1.165) is 61.9 Å². The van der Waals surface area contributed by atoms with Crippen LogP contribution in [0.5, 0.6) is 5.75 Å². The summed E-state index contributed by atoms with van der Waals surface area (Å²) >= 11 is 1.31. The lowest BCUT2D eigenvalue weighted by molar-refractivity contribution is -0.130. The lowest BCUT2D eigenvalue weighted by Crippen LogP contribution is -2.56. The average molecular weight is 617 g/mol. The molecule has 2 atom stereocenters. The van der Waals surface area contributed by atoms with E-state index in [2.05, 4.69) is 16.0 Å². The van der Waals surface area contributed by atoms with Gasteiger partial charge in [-0.2, -0.15) is 0 Å². The van der Waals surface area contributed by atoms with Crippen molar-refractivity contribution >= 4 is 29.1 Å². The normalized spacial score (nSPS) is 22.0. The van der Waals surface area contributed by atoms with Gasteiger partial charge in [-0.05, 0) is 97.5 Å². The number of nitrogens with two attached hydrogens (primary N) is 1. The molecule has 2 unspecified atom stereocenters. The molecule has 3 amide bonds. The Hall–Kier alpha value is -3.69. The third-order valence-corrected chi connectivity index (χ3v) is 10.5. The van der Waals surface area contributed by atoms with Crippen LogP contribution in [0.2, 0.25) is 0 Å². The molecule has 3 aliphatic rings. The summed E-state index contributed by atoms with van der Waals surface area (Å²) in [4.78, 5) is 41.2. The van der Waals surface area contributed by atoms with E-state index in [1.165, 1.54) is 11.3 Å². The molecule has 44 heavy (non-hydrogen) atoms. The van der Waals surface area contributed by atoms with Crippen molar-refractivity contribution in [2.75, 3.05) is 19.7 Å². The van der Waals surface area contributed by atoms with Gasteiger partial charge in [0, 0.05) is 19.4 Å². The molecule has 234 valence electrons. The monoisotopic (exact) mass is 616 g/mol. The van der Waals surface area contributed by atoms with Crippen molar-refractivity contribution in [1.82, 2.24) is 16.0 Å². The Morgan fingerprint density at radius 2 is 1.41 bits per heavy atom. The van der Waals surface area contributed by atoms with Gasteiger partial charge in [0.2, 0.25) is 11.8 Å². The predicted octanol–water partition coefficient (Wildman–Crippen LogP) is 4.63. The van der Waals surface area contributed by atoms with E-state index in [-0.39, 0.29) is 29.1 Å². The summed E-state index contributed by atoms with van der Waals surface area (Å²) in [5.41, 5.74) is 8.29. The number of hydrogen-bond acceptors (Lipinski definition) is 6. The number of fused-ring (bicyclic) bond motifs is 3. The number of ether oxygens (including phenoxy) is 1. The molecule has 3 aliphatic carbocycles. The Morgan fingerprint density at radius 3 is 2.00 bits per heavy atom. The summed E-state index contributed by atoms with van der Waals surface area (Å²) in [7, 11) is 0. The maximum absolute atomic E-state index is 13.9. The zero-order chi connectivity index (χ0) is 31.0. The molecule has 1 heterocycles. The molecule has 0 spiro atoms. The maximum Gasteiger partial charge on any atom is 0.262 e. The summed E-state index contributed by atoms with van der Waals surface area (Å²) in [5, 5.41) is 11.0. The van der Waals surface area contributed by atoms with E-state index < -0.39 is 18.0 Å². The largest absolute Gasteiger partial charge is 0.494 e. The van der Waals surface area contributed by atoms with Gasteiger partial charge in [-0.25, -0.2) is 0 Å². The third-order valence-electron chi connectivity index (χ3n) is 9.58. The van der Waals surface area contributed by atoms with Crippen molar-refractivity contribution in [3.8, 4) is 5.75 Å². The third kappa shape index (κ3) is 7.87. The van der Waals surface area contributed by atoms with Crippen LogP contribution in [-0.2, 0) is 22.4 Å². The average Bonchev–Trinajstić information content (AvgIpc) is 3.61. The second-order valence-corrected chi connectivity index (χ2v) is 13.4. The Labute approximate surface area is 264 Å². The number of benzene rings is 2. The molecule has 5 N–H and O–H groups in total. The van der Waals surface area contributed by atoms with Crippen molar-refractivity contribution in [2.24, 2.45) is 16.6 Å². The van der Waals surface area contributed by atoms with Gasteiger partial charge in [-0.3, -0.25) is 14.4 Å². The Balaban J connectivity index is 1.31. The molecule has 1 aromatic heterocycles. The van der Waals surface area contributed by atoms with Crippen LogP contribution in [0.4, 0.5) is 0 Å². The summed E-state index contributed by atoms with van der Waals surface area (Å²) in [6.07, 6.45) is 7.15. The summed E-state index contributed by atoms with van der Waals surface area (Å²) in [6.45, 7) is 3.81. The van der Waals surface area contributed by atoms with Crippen molar-refractivity contribution in [3.05, 3.63) is 88.1 Å². The number of nitrogens with one attached hydrogen (secondary N) is 3. The molecule has 8 nitrogen and oxygen atoms in total. The van der Waals surface area contributed by atoms with Crippen LogP contribution < -0.4 is 26.4 Å². The highest BCUT2D eigenvalue weighted by Crippen LogP contribution is 2.56. The topological polar surface area (TPSA) is 123 Å². The number of rotatable bonds is 14. The van der Waals surface area contributed by atoms with E-state index in [1.54, 1.807) is 12.1 Å². The minimum Gasteiger partial charge on any atom is -0.494 e. The van der Waals surface area contributed by atoms with Crippen LogP contribution in [0, 0.1) is 10.8 Å². The maximum atomic E-state index is 13.9. The van der Waals surface area contributed by atoms with Crippen LogP contribution in [0.25, 0.3) is 0 Å². The lowest BCUT2D eigenvalue weighted by Gasteiger charge is -2.53. The number of amides is 3. The van der Waals surface area contributed by atoms with Gasteiger partial charge in [0.05, 0.1) is 11.5 Å². The molecule has 2 bridgehead atoms. The van der Waals surface area contributed by atoms with E-state index in [4.69, 9.17) is 10.5 Å². The van der Waals surface area contributed by atoms with Crippen LogP contribution in [0.1, 0.15) is 66.2 Å². The van der Waals surface area contributed by atoms with Crippen LogP contribution in [0.3, 0.4) is 0 Å². The molecule has 2 aromatic carbocycles. The Bertz CT molecular complexity index is 1370. The first-order valence-corrected chi connectivity index (χ1v) is 16.6. The molecule has 6 rings (SSSR count). The first-order valence-electron chi connectivity index (χ1n) is 15.7. The summed E-state index contributed by atoms with van der Waals surface area (Å²) < 4.78 is 5.56. The van der Waals surface area contributed by atoms with E-state index in [0.29, 0.717) is 24.4 Å². The van der Waals surface area contributed by atoms with Gasteiger partial charge in [0.25, 0.3) is 5.91 Å². The molecule has 0 aliphatic heterocycles. The Morgan fingerprint density at radius 1 is 0.795 bits per heavy atom. The number of hydrogen-bond donors (Lipinski definition) is 4. The molecule has 3 saturated carbocycles. The quantitative estimate of drug-likeness (QED) is 0.210. The molecule has 0 radical (unpaired) electrons. The number of carbonyl (C=O) groups excluding carboxylic acids is 3. The van der Waals surface area contributed by atoms with E-state index in [9.17, 15) is 14.4 Å². The standard InChI is InChI=1S/C35H44N4O4S/c1-2-43-27-12-10-26(11-13-27)22-29(39-33(42)30-9-6-20-44-30)32(41)38-28(21-25-7-4-3-5-8-25)31(40)37-24-35-17-14-34(23-36,15-18-35)16-19-35/h3-13,20,28-29H,2,14-19,21-24,36H2,1H3,(H,37,40)(H,38,41)(H,39,42). The van der Waals surface area contributed by atoms with Crippen molar-refractivity contribution < 1.29 is 19.1 Å². The summed E-state index contributed by atoms with van der Waals surface area (Å²) in [6, 6.07) is 19.0. The minimum absolute atomic E-state index is 0.0960. The SMILES string of the molecule is CCOc1ccc(CC(NC(=O)c2cccs2)C(=O)NC(Cc2ccccc2)C(=O)NCC23CCC(CN)(CC2)CC3)cc1. The molecule has 9 heteroatoms. The zero-order valence-electron chi connectivity index (χ0n) is 25.5. The molecular formula is C35H44N4O4S. The fraction of sp³-hybridized carbons (Fsp3) is 0.457. The highest BCUT2D eigenvalue weighted by molar-refractivity contribution is 7.12. The van der Waals surface area contributed by atoms with E-state index in [1.807, 2.05) is 66.9 Å². The molecular weight excluding hydrogens is 572 g/mol. The van der Waals surface area contributed by atoms with Crippen LogP contribution in [0.15, 0.2) is 72.1 Å². The smallest absolute Gasteiger partial charge is 0.262 e. The second-order valence-electron chi connectivity index (χ2n) is 12.5. The predicted molar refractivity (Wildman–Crippen MR) is 174 cm³/mol. The fourth-order valence-corrected chi connectivity index (χ4v) is 7.24. The van der Waals surface area contributed by atoms with Gasteiger partial charge in [-0.1, -0.05) is 48.5 Å². The first-order chi connectivity index (χ1) is 21.3. The van der Waals surface area contributed by atoms with Crippen molar-refractivity contribution in [2.45, 2.75) is 70.4 Å². The molecule has 0 saturated heterocycles. The highest BCUT2D eigenvalue weighted by atomic mass is 32.1. The van der Waals surface area contributed by atoms with Crippen molar-refractivity contribution in [1.29, 1.82) is 0 Å². The Kier molecular flexibility index (Phi) is 10.4. The second kappa shape index (κ2) is 14.4. The van der Waals surface area contributed by atoms with E-state index >= 15 is 0 Å². The zero-order valence-corrected chi connectivity index (χ0v) is 26.3. The minimum atomic E-state index is -0.881. The number of thiophene rings is 1. The van der Waals surface area contributed by atoms with Crippen LogP contribution in [-0.4, -0.2) is 49.5 Å². The van der Waals surface area contributed by atoms with Crippen LogP contribution >= 0.6 is 11.3 Å². The van der Waals surface area contributed by atoms with Gasteiger partial charge < -0.3 is 26.4 Å². The van der Waals surface area contributed by atoms with Gasteiger partial charge in [0.15, 0.2) is 0 Å². The molecule has 3 aromatic rings.